The molecule has 1 atom stereocenters. The van der Waals surface area contributed by atoms with Gasteiger partial charge in [0, 0.05) is 23.5 Å². The summed E-state index contributed by atoms with van der Waals surface area (Å²) in [4.78, 5) is 27.9. The monoisotopic (exact) mass is 304 g/mol. The van der Waals surface area contributed by atoms with Gasteiger partial charge in [0.05, 0.1) is 0 Å². The predicted octanol–water partition coefficient (Wildman–Crippen LogP) is 2.43. The fourth-order valence-corrected chi connectivity index (χ4v) is 3.42. The molecule has 1 aromatic carbocycles. The van der Waals surface area contributed by atoms with E-state index in [9.17, 15) is 9.59 Å². The first-order valence-electron chi connectivity index (χ1n) is 7.31. The van der Waals surface area contributed by atoms with Gasteiger partial charge in [-0.25, -0.2) is 0 Å². The molecule has 5 heteroatoms. The third-order valence-electron chi connectivity index (χ3n) is 4.41. The highest BCUT2D eigenvalue weighted by Gasteiger charge is 2.51. The Balaban J connectivity index is 1.96. The van der Waals surface area contributed by atoms with E-state index in [0.717, 1.165) is 23.4 Å². The van der Waals surface area contributed by atoms with Crippen LogP contribution >= 0.6 is 11.8 Å². The second-order valence-corrected chi connectivity index (χ2v) is 6.81. The van der Waals surface area contributed by atoms with E-state index in [1.54, 1.807) is 16.7 Å². The van der Waals surface area contributed by atoms with E-state index in [4.69, 9.17) is 0 Å². The van der Waals surface area contributed by atoms with Crippen LogP contribution in [0.2, 0.25) is 0 Å². The molecular formula is C16H20N2O2S. The standard InChI is InChI=1S/C16H20N2O2S/c1-16(11-6-7-11)15(20)18(9-8-14(19)17-16)12-4-3-5-13(10-12)21-2/h3-5,10-11H,6-9H2,1-2H3,(H,17,19). The van der Waals surface area contributed by atoms with Gasteiger partial charge < -0.3 is 10.2 Å². The number of anilines is 1. The minimum absolute atomic E-state index is 0.0223. The van der Waals surface area contributed by atoms with Crippen molar-refractivity contribution in [2.45, 2.75) is 36.6 Å². The molecule has 0 aromatic heterocycles. The molecule has 1 saturated heterocycles. The highest BCUT2D eigenvalue weighted by Crippen LogP contribution is 2.42. The van der Waals surface area contributed by atoms with Gasteiger partial charge in [0.15, 0.2) is 0 Å². The predicted molar refractivity (Wildman–Crippen MR) is 84.5 cm³/mol. The maximum Gasteiger partial charge on any atom is 0.252 e. The summed E-state index contributed by atoms with van der Waals surface area (Å²) in [6.45, 7) is 2.33. The summed E-state index contributed by atoms with van der Waals surface area (Å²) >= 11 is 1.65. The van der Waals surface area contributed by atoms with Crippen molar-refractivity contribution in [2.24, 2.45) is 5.92 Å². The van der Waals surface area contributed by atoms with Crippen LogP contribution in [0.4, 0.5) is 5.69 Å². The van der Waals surface area contributed by atoms with Gasteiger partial charge in [-0.1, -0.05) is 6.07 Å². The van der Waals surface area contributed by atoms with Crippen molar-refractivity contribution in [3.05, 3.63) is 24.3 Å². The van der Waals surface area contributed by atoms with Crippen molar-refractivity contribution < 1.29 is 9.59 Å². The fraction of sp³-hybridized carbons (Fsp3) is 0.500. The van der Waals surface area contributed by atoms with Gasteiger partial charge in [0.25, 0.3) is 5.91 Å². The molecule has 1 aliphatic heterocycles. The molecule has 2 amide bonds. The van der Waals surface area contributed by atoms with Crippen molar-refractivity contribution in [3.8, 4) is 0 Å². The van der Waals surface area contributed by atoms with Crippen molar-refractivity contribution in [1.82, 2.24) is 5.32 Å². The number of nitrogens with one attached hydrogen (secondary N) is 1. The molecule has 0 radical (unpaired) electrons. The normalized spacial score (nSPS) is 26.5. The summed E-state index contributed by atoms with van der Waals surface area (Å²) in [5, 5.41) is 2.96. The Morgan fingerprint density at radius 3 is 2.76 bits per heavy atom. The van der Waals surface area contributed by atoms with Gasteiger partial charge in [-0.05, 0) is 50.1 Å². The van der Waals surface area contributed by atoms with E-state index in [2.05, 4.69) is 5.32 Å². The maximum absolute atomic E-state index is 13.0. The Morgan fingerprint density at radius 2 is 2.10 bits per heavy atom. The van der Waals surface area contributed by atoms with Crippen LogP contribution in [-0.4, -0.2) is 30.2 Å². The lowest BCUT2D eigenvalue weighted by atomic mass is 9.94. The van der Waals surface area contributed by atoms with Crippen molar-refractivity contribution in [3.63, 3.8) is 0 Å². The minimum Gasteiger partial charge on any atom is -0.342 e. The zero-order valence-corrected chi connectivity index (χ0v) is 13.2. The molecule has 112 valence electrons. The topological polar surface area (TPSA) is 49.4 Å². The molecule has 21 heavy (non-hydrogen) atoms. The molecule has 1 N–H and O–H groups in total. The van der Waals surface area contributed by atoms with Crippen molar-refractivity contribution in [2.75, 3.05) is 17.7 Å². The van der Waals surface area contributed by atoms with E-state index in [0.29, 0.717) is 13.0 Å². The summed E-state index contributed by atoms with van der Waals surface area (Å²) in [6, 6.07) is 7.95. The van der Waals surface area contributed by atoms with E-state index in [1.165, 1.54) is 0 Å². The van der Waals surface area contributed by atoms with Crippen LogP contribution in [0.1, 0.15) is 26.2 Å². The SMILES string of the molecule is CSc1cccc(N2CCC(=O)NC(C)(C3CC3)C2=O)c1. The fourth-order valence-electron chi connectivity index (χ4n) is 2.96. The zero-order valence-electron chi connectivity index (χ0n) is 12.4. The molecule has 1 saturated carbocycles. The Kier molecular flexibility index (Phi) is 3.69. The lowest BCUT2D eigenvalue weighted by Gasteiger charge is -2.32. The lowest BCUT2D eigenvalue weighted by Crippen LogP contribution is -2.56. The third-order valence-corrected chi connectivity index (χ3v) is 5.14. The van der Waals surface area contributed by atoms with Gasteiger partial charge in [-0.2, -0.15) is 0 Å². The first-order chi connectivity index (χ1) is 10.0. The molecule has 2 fully saturated rings. The number of carbonyl (C=O) groups excluding carboxylic acids is 2. The van der Waals surface area contributed by atoms with E-state index < -0.39 is 5.54 Å². The smallest absolute Gasteiger partial charge is 0.252 e. The number of hydrogen-bond donors (Lipinski definition) is 1. The number of carbonyl (C=O) groups is 2. The molecule has 0 spiro atoms. The molecule has 2 aliphatic rings. The highest BCUT2D eigenvalue weighted by molar-refractivity contribution is 7.98. The Morgan fingerprint density at radius 1 is 1.33 bits per heavy atom. The van der Waals surface area contributed by atoms with Crippen LogP contribution in [0.5, 0.6) is 0 Å². The van der Waals surface area contributed by atoms with Crippen LogP contribution in [0.15, 0.2) is 29.2 Å². The molecule has 1 aliphatic carbocycles. The molecule has 1 unspecified atom stereocenters. The molecular weight excluding hydrogens is 284 g/mol. The summed E-state index contributed by atoms with van der Waals surface area (Å²) < 4.78 is 0. The van der Waals surface area contributed by atoms with Gasteiger partial charge in [0.2, 0.25) is 5.91 Å². The van der Waals surface area contributed by atoms with Gasteiger partial charge in [-0.3, -0.25) is 9.59 Å². The van der Waals surface area contributed by atoms with Crippen LogP contribution in [0.3, 0.4) is 0 Å². The second kappa shape index (κ2) is 5.37. The van der Waals surface area contributed by atoms with Gasteiger partial charge >= 0.3 is 0 Å². The summed E-state index contributed by atoms with van der Waals surface area (Å²) in [6.07, 6.45) is 4.41. The summed E-state index contributed by atoms with van der Waals surface area (Å²) in [7, 11) is 0. The Bertz CT molecular complexity index is 585. The number of benzene rings is 1. The quantitative estimate of drug-likeness (QED) is 0.873. The number of amides is 2. The van der Waals surface area contributed by atoms with Crippen LogP contribution in [0.25, 0.3) is 0 Å². The average molecular weight is 304 g/mol. The van der Waals surface area contributed by atoms with E-state index in [1.807, 2.05) is 37.4 Å². The molecule has 3 rings (SSSR count). The zero-order chi connectivity index (χ0) is 15.0. The van der Waals surface area contributed by atoms with Crippen LogP contribution < -0.4 is 10.2 Å². The molecule has 0 bridgehead atoms. The maximum atomic E-state index is 13.0. The number of nitrogens with zero attached hydrogens (tertiary/aromatic N) is 1. The van der Waals surface area contributed by atoms with Gasteiger partial charge in [0.1, 0.15) is 5.54 Å². The number of thioether (sulfide) groups is 1. The first kappa shape index (κ1) is 14.4. The Labute approximate surface area is 129 Å². The third kappa shape index (κ3) is 2.67. The van der Waals surface area contributed by atoms with Crippen molar-refractivity contribution >= 4 is 29.3 Å². The molecule has 4 nitrogen and oxygen atoms in total. The molecule has 1 heterocycles. The van der Waals surface area contributed by atoms with Crippen molar-refractivity contribution in [1.29, 1.82) is 0 Å². The molecule has 1 aromatic rings. The van der Waals surface area contributed by atoms with E-state index >= 15 is 0 Å². The summed E-state index contributed by atoms with van der Waals surface area (Å²) in [5.41, 5.74) is 0.137. The summed E-state index contributed by atoms with van der Waals surface area (Å²) in [5.74, 6) is 0.272. The number of hydrogen-bond acceptors (Lipinski definition) is 3. The second-order valence-electron chi connectivity index (χ2n) is 5.93. The van der Waals surface area contributed by atoms with E-state index in [-0.39, 0.29) is 17.7 Å². The first-order valence-corrected chi connectivity index (χ1v) is 8.54. The van der Waals surface area contributed by atoms with Crippen LogP contribution in [-0.2, 0) is 9.59 Å². The highest BCUT2D eigenvalue weighted by atomic mass is 32.2. The number of rotatable bonds is 3. The average Bonchev–Trinajstić information content (AvgIpc) is 3.31. The minimum atomic E-state index is -0.747. The van der Waals surface area contributed by atoms with Crippen LogP contribution in [0, 0.1) is 5.92 Å². The lowest BCUT2D eigenvalue weighted by molar-refractivity contribution is -0.130. The largest absolute Gasteiger partial charge is 0.342 e. The van der Waals surface area contributed by atoms with Gasteiger partial charge in [-0.15, -0.1) is 11.8 Å². The Hall–Kier alpha value is -1.49.